The first kappa shape index (κ1) is 20.7. The van der Waals surface area contributed by atoms with E-state index in [-0.39, 0.29) is 11.3 Å². The van der Waals surface area contributed by atoms with Crippen LogP contribution in [0.15, 0.2) is 59.4 Å². The fourth-order valence-corrected chi connectivity index (χ4v) is 3.70. The zero-order chi connectivity index (χ0) is 22.0. The molecular formula is C23H22FN3O4. The molecule has 1 aliphatic carbocycles. The summed E-state index contributed by atoms with van der Waals surface area (Å²) in [6.07, 6.45) is 1.40. The van der Waals surface area contributed by atoms with E-state index in [1.54, 1.807) is 31.4 Å². The SMILES string of the molecule is COc1ccc(-c2cc(C(=O)N[C@@H]3CCC[C@H]3O)c(=O)n(-c3cccc(F)c3)n2)cc1. The molecule has 0 bridgehead atoms. The average molecular weight is 423 g/mol. The van der Waals surface area contributed by atoms with Gasteiger partial charge in [0.25, 0.3) is 11.5 Å². The van der Waals surface area contributed by atoms with Crippen LogP contribution in [0.2, 0.25) is 0 Å². The van der Waals surface area contributed by atoms with Crippen molar-refractivity contribution >= 4 is 5.91 Å². The Balaban J connectivity index is 1.81. The van der Waals surface area contributed by atoms with Crippen molar-refractivity contribution in [2.24, 2.45) is 0 Å². The highest BCUT2D eigenvalue weighted by atomic mass is 19.1. The molecule has 0 aliphatic heterocycles. The molecule has 0 spiro atoms. The number of nitrogens with one attached hydrogen (secondary N) is 1. The van der Waals surface area contributed by atoms with Crippen LogP contribution in [0.5, 0.6) is 5.75 Å². The molecule has 0 saturated heterocycles. The summed E-state index contributed by atoms with van der Waals surface area (Å²) >= 11 is 0. The molecule has 1 heterocycles. The molecule has 7 nitrogen and oxygen atoms in total. The Kier molecular flexibility index (Phi) is 5.81. The molecule has 1 fully saturated rings. The second-order valence-electron chi connectivity index (χ2n) is 7.45. The second-order valence-corrected chi connectivity index (χ2v) is 7.45. The molecule has 8 heteroatoms. The number of ether oxygens (including phenoxy) is 1. The van der Waals surface area contributed by atoms with Crippen molar-refractivity contribution in [3.63, 3.8) is 0 Å². The van der Waals surface area contributed by atoms with Crippen molar-refractivity contribution in [1.82, 2.24) is 15.1 Å². The Labute approximate surface area is 178 Å². The molecule has 1 aliphatic rings. The maximum absolute atomic E-state index is 13.8. The van der Waals surface area contributed by atoms with E-state index in [9.17, 15) is 19.1 Å². The number of methoxy groups -OCH3 is 1. The highest BCUT2D eigenvalue weighted by Crippen LogP contribution is 2.22. The highest BCUT2D eigenvalue weighted by Gasteiger charge is 2.28. The number of halogens is 1. The Hall–Kier alpha value is -3.52. The van der Waals surface area contributed by atoms with E-state index in [0.717, 1.165) is 11.1 Å². The number of aliphatic hydroxyl groups is 1. The molecule has 4 rings (SSSR count). The van der Waals surface area contributed by atoms with Crippen LogP contribution in [0.3, 0.4) is 0 Å². The summed E-state index contributed by atoms with van der Waals surface area (Å²) in [6, 6.07) is 13.4. The van der Waals surface area contributed by atoms with Crippen LogP contribution in [-0.4, -0.2) is 40.0 Å². The van der Waals surface area contributed by atoms with Crippen LogP contribution < -0.4 is 15.6 Å². The number of aromatic nitrogens is 2. The standard InChI is InChI=1S/C23H22FN3O4/c1-31-17-10-8-14(9-11-17)20-13-18(22(29)25-19-6-3-7-21(19)28)23(30)27(26-20)16-5-2-4-15(24)12-16/h2,4-5,8-13,19,21,28H,3,6-7H2,1H3,(H,25,29)/t19-,21-/m1/s1. The van der Waals surface area contributed by atoms with Gasteiger partial charge in [0.1, 0.15) is 17.1 Å². The molecule has 0 radical (unpaired) electrons. The topological polar surface area (TPSA) is 93.5 Å². The fraction of sp³-hybridized carbons (Fsp3) is 0.261. The predicted octanol–water partition coefficient (Wildman–Crippen LogP) is 2.69. The smallest absolute Gasteiger partial charge is 0.284 e. The van der Waals surface area contributed by atoms with Crippen LogP contribution in [0.4, 0.5) is 4.39 Å². The van der Waals surface area contributed by atoms with Gasteiger partial charge < -0.3 is 15.2 Å². The van der Waals surface area contributed by atoms with Crippen molar-refractivity contribution in [3.8, 4) is 22.7 Å². The molecule has 1 amide bonds. The lowest BCUT2D eigenvalue weighted by Crippen LogP contribution is -2.42. The number of carbonyl (C=O) groups excluding carboxylic acids is 1. The third-order valence-corrected chi connectivity index (χ3v) is 5.39. The quantitative estimate of drug-likeness (QED) is 0.658. The fourth-order valence-electron chi connectivity index (χ4n) is 3.70. The van der Waals surface area contributed by atoms with Gasteiger partial charge in [-0.05, 0) is 67.8 Å². The average Bonchev–Trinajstić information content (AvgIpc) is 3.18. The summed E-state index contributed by atoms with van der Waals surface area (Å²) in [5.41, 5.74) is 0.414. The van der Waals surface area contributed by atoms with Gasteiger partial charge in [-0.25, -0.2) is 4.39 Å². The van der Waals surface area contributed by atoms with Gasteiger partial charge in [-0.3, -0.25) is 9.59 Å². The first-order valence-electron chi connectivity index (χ1n) is 10.00. The van der Waals surface area contributed by atoms with E-state index < -0.39 is 29.4 Å². The Bertz CT molecular complexity index is 1160. The van der Waals surface area contributed by atoms with Gasteiger partial charge in [0.15, 0.2) is 0 Å². The number of carbonyl (C=O) groups is 1. The largest absolute Gasteiger partial charge is 0.497 e. The van der Waals surface area contributed by atoms with Crippen LogP contribution in [0.1, 0.15) is 29.6 Å². The normalized spacial score (nSPS) is 18.0. The third kappa shape index (κ3) is 4.34. The summed E-state index contributed by atoms with van der Waals surface area (Å²) in [5, 5.41) is 17.2. The molecule has 0 unspecified atom stereocenters. The second kappa shape index (κ2) is 8.69. The molecule has 31 heavy (non-hydrogen) atoms. The first-order valence-corrected chi connectivity index (χ1v) is 10.00. The van der Waals surface area contributed by atoms with E-state index in [2.05, 4.69) is 10.4 Å². The number of hydrogen-bond acceptors (Lipinski definition) is 5. The maximum Gasteiger partial charge on any atom is 0.284 e. The third-order valence-electron chi connectivity index (χ3n) is 5.39. The number of benzene rings is 2. The van der Waals surface area contributed by atoms with E-state index in [0.29, 0.717) is 29.8 Å². The minimum Gasteiger partial charge on any atom is -0.497 e. The Morgan fingerprint density at radius 1 is 1.19 bits per heavy atom. The highest BCUT2D eigenvalue weighted by molar-refractivity contribution is 5.95. The summed E-state index contributed by atoms with van der Waals surface area (Å²) in [5.74, 6) is -0.477. The van der Waals surface area contributed by atoms with Gasteiger partial charge in [0.2, 0.25) is 0 Å². The predicted molar refractivity (Wildman–Crippen MR) is 113 cm³/mol. The Morgan fingerprint density at radius 2 is 1.97 bits per heavy atom. The van der Waals surface area contributed by atoms with Gasteiger partial charge in [0, 0.05) is 5.56 Å². The minimum atomic E-state index is -0.673. The van der Waals surface area contributed by atoms with Crippen LogP contribution in [-0.2, 0) is 0 Å². The molecule has 1 aromatic heterocycles. The molecule has 1 saturated carbocycles. The van der Waals surface area contributed by atoms with Crippen molar-refractivity contribution in [3.05, 3.63) is 76.3 Å². The van der Waals surface area contributed by atoms with Crippen molar-refractivity contribution in [1.29, 1.82) is 0 Å². The van der Waals surface area contributed by atoms with E-state index in [1.165, 1.54) is 30.3 Å². The monoisotopic (exact) mass is 423 g/mol. The number of amides is 1. The lowest BCUT2D eigenvalue weighted by Gasteiger charge is -2.17. The number of hydrogen-bond donors (Lipinski definition) is 2. The molecule has 160 valence electrons. The number of rotatable bonds is 5. The lowest BCUT2D eigenvalue weighted by atomic mass is 10.1. The van der Waals surface area contributed by atoms with Crippen LogP contribution >= 0.6 is 0 Å². The van der Waals surface area contributed by atoms with Gasteiger partial charge in [-0.15, -0.1) is 0 Å². The lowest BCUT2D eigenvalue weighted by molar-refractivity contribution is 0.0871. The Morgan fingerprint density at radius 3 is 2.61 bits per heavy atom. The van der Waals surface area contributed by atoms with Crippen molar-refractivity contribution < 1.29 is 19.0 Å². The zero-order valence-electron chi connectivity index (χ0n) is 16.9. The summed E-state index contributed by atoms with van der Waals surface area (Å²) < 4.78 is 20.0. The maximum atomic E-state index is 13.8. The van der Waals surface area contributed by atoms with Gasteiger partial charge >= 0.3 is 0 Å². The van der Waals surface area contributed by atoms with Gasteiger partial charge in [-0.2, -0.15) is 9.78 Å². The zero-order valence-corrected chi connectivity index (χ0v) is 16.9. The van der Waals surface area contributed by atoms with Gasteiger partial charge in [0.05, 0.1) is 30.6 Å². The van der Waals surface area contributed by atoms with Crippen molar-refractivity contribution in [2.45, 2.75) is 31.4 Å². The minimum absolute atomic E-state index is 0.135. The molecule has 3 aromatic rings. The van der Waals surface area contributed by atoms with E-state index in [1.807, 2.05) is 0 Å². The molecular weight excluding hydrogens is 401 g/mol. The van der Waals surface area contributed by atoms with Gasteiger partial charge in [-0.1, -0.05) is 6.07 Å². The summed E-state index contributed by atoms with van der Waals surface area (Å²) in [4.78, 5) is 26.0. The molecule has 2 atom stereocenters. The van der Waals surface area contributed by atoms with E-state index in [4.69, 9.17) is 4.74 Å². The van der Waals surface area contributed by atoms with Crippen molar-refractivity contribution in [2.75, 3.05) is 7.11 Å². The van der Waals surface area contributed by atoms with Crippen LogP contribution in [0, 0.1) is 5.82 Å². The van der Waals surface area contributed by atoms with Crippen LogP contribution in [0.25, 0.3) is 16.9 Å². The summed E-state index contributed by atoms with van der Waals surface area (Å²) in [6.45, 7) is 0. The molecule has 2 aromatic carbocycles. The first-order chi connectivity index (χ1) is 15.0. The number of aliphatic hydroxyl groups excluding tert-OH is 1. The molecule has 2 N–H and O–H groups in total. The number of nitrogens with zero attached hydrogens (tertiary/aromatic N) is 2. The summed E-state index contributed by atoms with van der Waals surface area (Å²) in [7, 11) is 1.55. The van der Waals surface area contributed by atoms with E-state index >= 15 is 0 Å².